The summed E-state index contributed by atoms with van der Waals surface area (Å²) in [6.45, 7) is 3.15. The summed E-state index contributed by atoms with van der Waals surface area (Å²) in [4.78, 5) is 11.1. The van der Waals surface area contributed by atoms with Gasteiger partial charge in [0.15, 0.2) is 0 Å². The third-order valence-electron chi connectivity index (χ3n) is 5.16. The van der Waals surface area contributed by atoms with Crippen LogP contribution in [-0.2, 0) is 17.8 Å². The predicted molar refractivity (Wildman–Crippen MR) is 112 cm³/mol. The number of aromatic nitrogens is 2. The molecule has 1 fully saturated rings. The fourth-order valence-corrected chi connectivity index (χ4v) is 3.70. The van der Waals surface area contributed by atoms with Crippen molar-refractivity contribution in [1.29, 1.82) is 0 Å². The number of hydrogen-bond donors (Lipinski definition) is 1. The molecule has 3 aromatic rings. The molecule has 1 aromatic heterocycles. The molecule has 6 heteroatoms. The molecule has 1 saturated heterocycles. The van der Waals surface area contributed by atoms with Crippen molar-refractivity contribution in [2.45, 2.75) is 13.0 Å². The van der Waals surface area contributed by atoms with Gasteiger partial charge in [-0.3, -0.25) is 0 Å². The first-order chi connectivity index (χ1) is 14.3. The summed E-state index contributed by atoms with van der Waals surface area (Å²) in [5, 5.41) is 9.89. The molecule has 29 heavy (non-hydrogen) atoms. The van der Waals surface area contributed by atoms with Gasteiger partial charge in [-0.05, 0) is 29.8 Å². The summed E-state index contributed by atoms with van der Waals surface area (Å²) in [6, 6.07) is 16.1. The molecule has 1 aliphatic heterocycles. The first-order valence-electron chi connectivity index (χ1n) is 9.78. The van der Waals surface area contributed by atoms with Crippen LogP contribution in [0.2, 0.25) is 0 Å². The molecule has 0 spiro atoms. The van der Waals surface area contributed by atoms with Gasteiger partial charge in [-0.15, -0.1) is 0 Å². The van der Waals surface area contributed by atoms with Crippen LogP contribution in [0.3, 0.4) is 0 Å². The molecule has 1 aliphatic rings. The summed E-state index contributed by atoms with van der Waals surface area (Å²) < 4.78 is 10.9. The standard InChI is InChI=1S/C23H25N3O3/c1-28-23-5-3-2-4-20(23)21-14-19(24-16-25-21)13-17-6-7-22(18(12-17)15-27)26-8-10-29-11-9-26/h2-7,12,14,16,27H,8-11,13,15H2,1H3. The van der Waals surface area contributed by atoms with Crippen LogP contribution >= 0.6 is 0 Å². The Morgan fingerprint density at radius 3 is 2.69 bits per heavy atom. The molecule has 0 unspecified atom stereocenters. The van der Waals surface area contributed by atoms with E-state index in [1.807, 2.05) is 30.3 Å². The summed E-state index contributed by atoms with van der Waals surface area (Å²) >= 11 is 0. The highest BCUT2D eigenvalue weighted by Gasteiger charge is 2.15. The van der Waals surface area contributed by atoms with Gasteiger partial charge < -0.3 is 19.5 Å². The van der Waals surface area contributed by atoms with Crippen LogP contribution in [0.25, 0.3) is 11.3 Å². The Hall–Kier alpha value is -2.96. The molecule has 2 heterocycles. The highest BCUT2D eigenvalue weighted by molar-refractivity contribution is 5.67. The number of aliphatic hydroxyl groups excluding tert-OH is 1. The Morgan fingerprint density at radius 1 is 1.07 bits per heavy atom. The molecular formula is C23H25N3O3. The van der Waals surface area contributed by atoms with Gasteiger partial charge in [-0.25, -0.2) is 9.97 Å². The lowest BCUT2D eigenvalue weighted by Gasteiger charge is -2.30. The van der Waals surface area contributed by atoms with Gasteiger partial charge in [-0.2, -0.15) is 0 Å². The van der Waals surface area contributed by atoms with Crippen molar-refractivity contribution in [1.82, 2.24) is 9.97 Å². The van der Waals surface area contributed by atoms with E-state index in [0.29, 0.717) is 6.42 Å². The summed E-state index contributed by atoms with van der Waals surface area (Å²) in [5.74, 6) is 0.787. The van der Waals surface area contributed by atoms with E-state index in [4.69, 9.17) is 9.47 Å². The molecule has 1 N–H and O–H groups in total. The molecule has 0 radical (unpaired) electrons. The second-order valence-corrected chi connectivity index (χ2v) is 6.99. The van der Waals surface area contributed by atoms with Crippen LogP contribution in [0.4, 0.5) is 5.69 Å². The van der Waals surface area contributed by atoms with E-state index >= 15 is 0 Å². The monoisotopic (exact) mass is 391 g/mol. The molecule has 0 bridgehead atoms. The minimum atomic E-state index is 0.0107. The Labute approximate surface area is 170 Å². The van der Waals surface area contributed by atoms with Crippen LogP contribution in [0.5, 0.6) is 5.75 Å². The van der Waals surface area contributed by atoms with Crippen LogP contribution in [0, 0.1) is 0 Å². The highest BCUT2D eigenvalue weighted by Crippen LogP contribution is 2.29. The van der Waals surface area contributed by atoms with Crippen molar-refractivity contribution in [3.8, 4) is 17.0 Å². The average Bonchev–Trinajstić information content (AvgIpc) is 2.79. The van der Waals surface area contributed by atoms with Crippen molar-refractivity contribution in [2.75, 3.05) is 38.3 Å². The number of hydrogen-bond acceptors (Lipinski definition) is 6. The number of methoxy groups -OCH3 is 1. The Kier molecular flexibility index (Phi) is 6.03. The molecule has 0 aliphatic carbocycles. The van der Waals surface area contributed by atoms with E-state index in [9.17, 15) is 5.11 Å². The van der Waals surface area contributed by atoms with Gasteiger partial charge in [0.25, 0.3) is 0 Å². The van der Waals surface area contributed by atoms with E-state index in [1.54, 1.807) is 13.4 Å². The Morgan fingerprint density at radius 2 is 1.90 bits per heavy atom. The molecule has 4 rings (SSSR count). The zero-order chi connectivity index (χ0) is 20.1. The maximum absolute atomic E-state index is 9.89. The van der Waals surface area contributed by atoms with Crippen molar-refractivity contribution in [3.05, 3.63) is 71.7 Å². The normalized spacial score (nSPS) is 14.1. The van der Waals surface area contributed by atoms with Crippen LogP contribution < -0.4 is 9.64 Å². The summed E-state index contributed by atoms with van der Waals surface area (Å²) in [6.07, 6.45) is 2.26. The summed E-state index contributed by atoms with van der Waals surface area (Å²) in [5.41, 5.74) is 5.82. The number of anilines is 1. The van der Waals surface area contributed by atoms with Crippen molar-refractivity contribution in [2.24, 2.45) is 0 Å². The molecule has 0 saturated carbocycles. The van der Waals surface area contributed by atoms with Gasteiger partial charge >= 0.3 is 0 Å². The van der Waals surface area contributed by atoms with Crippen LogP contribution in [-0.4, -0.2) is 48.5 Å². The van der Waals surface area contributed by atoms with Gasteiger partial charge in [0, 0.05) is 42.0 Å². The average molecular weight is 391 g/mol. The number of morpholine rings is 1. The SMILES string of the molecule is COc1ccccc1-c1cc(Cc2ccc(N3CCOCC3)c(CO)c2)ncn1. The number of ether oxygens (including phenoxy) is 2. The van der Waals surface area contributed by atoms with E-state index < -0.39 is 0 Å². The predicted octanol–water partition coefficient (Wildman–Crippen LogP) is 3.07. The molecule has 0 amide bonds. The van der Waals surface area contributed by atoms with Crippen LogP contribution in [0.1, 0.15) is 16.8 Å². The lowest BCUT2D eigenvalue weighted by Crippen LogP contribution is -2.36. The van der Waals surface area contributed by atoms with Crippen molar-refractivity contribution < 1.29 is 14.6 Å². The number of aliphatic hydroxyl groups is 1. The smallest absolute Gasteiger partial charge is 0.128 e. The van der Waals surface area contributed by atoms with Gasteiger partial charge in [0.05, 0.1) is 32.6 Å². The van der Waals surface area contributed by atoms with E-state index in [2.05, 4.69) is 33.1 Å². The minimum absolute atomic E-state index is 0.0107. The second-order valence-electron chi connectivity index (χ2n) is 6.99. The lowest BCUT2D eigenvalue weighted by molar-refractivity contribution is 0.122. The first-order valence-corrected chi connectivity index (χ1v) is 9.78. The Bertz CT molecular complexity index is 971. The van der Waals surface area contributed by atoms with E-state index in [0.717, 1.165) is 65.8 Å². The third kappa shape index (κ3) is 4.39. The topological polar surface area (TPSA) is 67.7 Å². The molecule has 0 atom stereocenters. The van der Waals surface area contributed by atoms with Crippen LogP contribution in [0.15, 0.2) is 54.9 Å². The van der Waals surface area contributed by atoms with Gasteiger partial charge in [0.1, 0.15) is 12.1 Å². The fraction of sp³-hybridized carbons (Fsp3) is 0.304. The quantitative estimate of drug-likeness (QED) is 0.697. The molecule has 150 valence electrons. The van der Waals surface area contributed by atoms with Crippen molar-refractivity contribution in [3.63, 3.8) is 0 Å². The molecule has 2 aromatic carbocycles. The largest absolute Gasteiger partial charge is 0.496 e. The number of nitrogens with zero attached hydrogens (tertiary/aromatic N) is 3. The van der Waals surface area contributed by atoms with E-state index in [1.165, 1.54) is 0 Å². The highest BCUT2D eigenvalue weighted by atomic mass is 16.5. The van der Waals surface area contributed by atoms with E-state index in [-0.39, 0.29) is 6.61 Å². The minimum Gasteiger partial charge on any atom is -0.496 e. The van der Waals surface area contributed by atoms with Crippen molar-refractivity contribution >= 4 is 5.69 Å². The second kappa shape index (κ2) is 9.03. The maximum Gasteiger partial charge on any atom is 0.128 e. The fourth-order valence-electron chi connectivity index (χ4n) is 3.70. The lowest BCUT2D eigenvalue weighted by atomic mass is 10.0. The number of para-hydroxylation sites is 1. The first kappa shape index (κ1) is 19.4. The van der Waals surface area contributed by atoms with Gasteiger partial charge in [-0.1, -0.05) is 24.3 Å². The summed E-state index contributed by atoms with van der Waals surface area (Å²) in [7, 11) is 1.66. The zero-order valence-electron chi connectivity index (χ0n) is 16.5. The number of rotatable bonds is 6. The molecular weight excluding hydrogens is 366 g/mol. The Balaban J connectivity index is 1.58. The third-order valence-corrected chi connectivity index (χ3v) is 5.16. The number of benzene rings is 2. The maximum atomic E-state index is 9.89. The zero-order valence-corrected chi connectivity index (χ0v) is 16.5. The van der Waals surface area contributed by atoms with Gasteiger partial charge in [0.2, 0.25) is 0 Å². The molecule has 6 nitrogen and oxygen atoms in total.